The highest BCUT2D eigenvalue weighted by Crippen LogP contribution is 2.21. The summed E-state index contributed by atoms with van der Waals surface area (Å²) in [6.45, 7) is 2.11. The van der Waals surface area contributed by atoms with Gasteiger partial charge in [0.05, 0.1) is 10.8 Å². The molecule has 2 rings (SSSR count). The van der Waals surface area contributed by atoms with Gasteiger partial charge in [-0.3, -0.25) is 14.9 Å². The van der Waals surface area contributed by atoms with Crippen molar-refractivity contribution in [3.8, 4) is 0 Å². The second-order valence-corrected chi connectivity index (χ2v) is 4.86. The zero-order valence-corrected chi connectivity index (χ0v) is 11.6. The summed E-state index contributed by atoms with van der Waals surface area (Å²) in [6.07, 6.45) is 4.02. The Bertz CT molecular complexity index is 506. The smallest absolute Gasteiger partial charge is 0.305 e. The molecule has 1 atom stereocenters. The van der Waals surface area contributed by atoms with Gasteiger partial charge in [0.25, 0.3) is 0 Å². The fraction of sp³-hybridized carbons (Fsp3) is 0.583. The van der Waals surface area contributed by atoms with E-state index in [9.17, 15) is 14.9 Å². The number of nitro groups is 1. The normalized spacial score (nSPS) is 18.3. The number of hydrogen-bond acceptors (Lipinski definition) is 7. The van der Waals surface area contributed by atoms with E-state index in [-0.39, 0.29) is 17.5 Å². The minimum atomic E-state index is -0.539. The Labute approximate surface area is 121 Å². The van der Waals surface area contributed by atoms with E-state index >= 15 is 0 Å². The van der Waals surface area contributed by atoms with Crippen LogP contribution in [0.3, 0.4) is 0 Å². The van der Waals surface area contributed by atoms with Gasteiger partial charge in [-0.25, -0.2) is 9.97 Å². The van der Waals surface area contributed by atoms with Gasteiger partial charge in [0.15, 0.2) is 0 Å². The second kappa shape index (κ2) is 6.93. The first-order valence-corrected chi connectivity index (χ1v) is 6.81. The Hall–Kier alpha value is -2.29. The summed E-state index contributed by atoms with van der Waals surface area (Å²) in [6, 6.07) is 0. The Morgan fingerprint density at radius 1 is 1.52 bits per heavy atom. The molecule has 0 spiro atoms. The van der Waals surface area contributed by atoms with Crippen LogP contribution in [-0.2, 0) is 4.79 Å². The number of nitrogens with one attached hydrogen (secondary N) is 1. The van der Waals surface area contributed by atoms with Gasteiger partial charge in [-0.05, 0) is 12.8 Å². The zero-order chi connectivity index (χ0) is 15.2. The molecule has 0 bridgehead atoms. The molecule has 1 unspecified atom stereocenters. The van der Waals surface area contributed by atoms with E-state index in [0.29, 0.717) is 25.6 Å². The largest absolute Gasteiger partial charge is 0.355 e. The van der Waals surface area contributed by atoms with Crippen LogP contribution in [0.25, 0.3) is 0 Å². The molecule has 9 nitrogen and oxygen atoms in total. The van der Waals surface area contributed by atoms with Crippen molar-refractivity contribution >= 4 is 17.5 Å². The first-order valence-electron chi connectivity index (χ1n) is 6.81. The lowest BCUT2D eigenvalue weighted by atomic mass is 9.97. The topological polar surface area (TPSA) is 127 Å². The van der Waals surface area contributed by atoms with Gasteiger partial charge in [-0.15, -0.1) is 0 Å². The van der Waals surface area contributed by atoms with Crippen molar-refractivity contribution in [2.75, 3.05) is 31.1 Å². The summed E-state index contributed by atoms with van der Waals surface area (Å²) >= 11 is 0. The number of rotatable bonds is 5. The molecule has 3 N–H and O–H groups in total. The van der Waals surface area contributed by atoms with Crippen LogP contribution in [0, 0.1) is 16.0 Å². The summed E-state index contributed by atoms with van der Waals surface area (Å²) in [5.41, 5.74) is 5.22. The lowest BCUT2D eigenvalue weighted by Crippen LogP contribution is -2.44. The molecule has 21 heavy (non-hydrogen) atoms. The maximum absolute atomic E-state index is 12.0. The molecule has 1 aromatic rings. The van der Waals surface area contributed by atoms with E-state index in [1.807, 2.05) is 4.90 Å². The van der Waals surface area contributed by atoms with Crippen molar-refractivity contribution in [1.82, 2.24) is 15.3 Å². The lowest BCUT2D eigenvalue weighted by Gasteiger charge is -2.31. The minimum absolute atomic E-state index is 0.0212. The molecule has 1 saturated heterocycles. The van der Waals surface area contributed by atoms with E-state index in [2.05, 4.69) is 15.3 Å². The maximum Gasteiger partial charge on any atom is 0.305 e. The average Bonchev–Trinajstić information content (AvgIpc) is 2.52. The van der Waals surface area contributed by atoms with E-state index in [1.165, 1.54) is 12.4 Å². The average molecular weight is 294 g/mol. The molecule has 114 valence electrons. The number of nitrogens with zero attached hydrogens (tertiary/aromatic N) is 4. The Kier molecular flexibility index (Phi) is 4.99. The highest BCUT2D eigenvalue weighted by atomic mass is 16.6. The molecule has 0 aromatic carbocycles. The monoisotopic (exact) mass is 294 g/mol. The Balaban J connectivity index is 2.00. The molecular formula is C12H18N6O3. The first kappa shape index (κ1) is 15.1. The van der Waals surface area contributed by atoms with Crippen LogP contribution in [0.15, 0.2) is 12.4 Å². The summed E-state index contributed by atoms with van der Waals surface area (Å²) in [5, 5.41) is 13.4. The van der Waals surface area contributed by atoms with Gasteiger partial charge >= 0.3 is 5.69 Å². The van der Waals surface area contributed by atoms with Gasteiger partial charge in [0.1, 0.15) is 12.4 Å². The molecule has 1 aliphatic heterocycles. The molecule has 1 fully saturated rings. The predicted molar refractivity (Wildman–Crippen MR) is 75.7 cm³/mol. The van der Waals surface area contributed by atoms with Crippen LogP contribution in [-0.4, -0.2) is 47.0 Å². The molecule has 1 amide bonds. The number of aromatic nitrogens is 2. The zero-order valence-electron chi connectivity index (χ0n) is 11.6. The van der Waals surface area contributed by atoms with Crippen LogP contribution in [0.2, 0.25) is 0 Å². The Morgan fingerprint density at radius 3 is 2.86 bits per heavy atom. The van der Waals surface area contributed by atoms with Crippen molar-refractivity contribution < 1.29 is 9.72 Å². The van der Waals surface area contributed by atoms with E-state index in [0.717, 1.165) is 19.4 Å². The number of nitrogens with two attached hydrogens (primary N) is 1. The van der Waals surface area contributed by atoms with Gasteiger partial charge in [-0.1, -0.05) is 0 Å². The number of amides is 1. The van der Waals surface area contributed by atoms with Crippen LogP contribution in [0.1, 0.15) is 12.8 Å². The maximum atomic E-state index is 12.0. The Morgan fingerprint density at radius 2 is 2.24 bits per heavy atom. The fourth-order valence-electron chi connectivity index (χ4n) is 2.28. The second-order valence-electron chi connectivity index (χ2n) is 4.86. The van der Waals surface area contributed by atoms with Crippen molar-refractivity contribution in [2.45, 2.75) is 12.8 Å². The third kappa shape index (κ3) is 3.85. The van der Waals surface area contributed by atoms with Crippen molar-refractivity contribution in [2.24, 2.45) is 11.7 Å². The molecule has 0 aliphatic carbocycles. The van der Waals surface area contributed by atoms with Crippen LogP contribution in [0.5, 0.6) is 0 Å². The van der Waals surface area contributed by atoms with Gasteiger partial charge in [-0.2, -0.15) is 0 Å². The molecular weight excluding hydrogens is 276 g/mol. The SMILES string of the molecule is NCCNC(=O)C1CCCN(c2ncc([N+](=O)[O-])cn2)C1. The van der Waals surface area contributed by atoms with Crippen molar-refractivity contribution in [1.29, 1.82) is 0 Å². The highest BCUT2D eigenvalue weighted by molar-refractivity contribution is 5.79. The molecule has 0 saturated carbocycles. The number of carbonyl (C=O) groups excluding carboxylic acids is 1. The molecule has 1 aliphatic rings. The summed E-state index contributed by atoms with van der Waals surface area (Å²) < 4.78 is 0. The number of piperidine rings is 1. The van der Waals surface area contributed by atoms with Gasteiger partial charge in [0, 0.05) is 26.2 Å². The van der Waals surface area contributed by atoms with Crippen molar-refractivity contribution in [3.63, 3.8) is 0 Å². The first-order chi connectivity index (χ1) is 10.1. The standard InChI is InChI=1S/C12H18N6O3/c13-3-4-14-11(19)9-2-1-5-17(8-9)12-15-6-10(7-16-12)18(20)21/h6-7,9H,1-5,8,13H2,(H,14,19). The third-order valence-electron chi connectivity index (χ3n) is 3.35. The highest BCUT2D eigenvalue weighted by Gasteiger charge is 2.27. The summed E-state index contributed by atoms with van der Waals surface area (Å²) in [4.78, 5) is 31.9. The van der Waals surface area contributed by atoms with Crippen LogP contribution in [0.4, 0.5) is 11.6 Å². The van der Waals surface area contributed by atoms with E-state index in [1.54, 1.807) is 0 Å². The van der Waals surface area contributed by atoms with Crippen LogP contribution >= 0.6 is 0 Å². The summed E-state index contributed by atoms with van der Waals surface area (Å²) in [7, 11) is 0. The van der Waals surface area contributed by atoms with Gasteiger partial charge in [0.2, 0.25) is 11.9 Å². The van der Waals surface area contributed by atoms with Gasteiger partial charge < -0.3 is 16.0 Å². The lowest BCUT2D eigenvalue weighted by molar-refractivity contribution is -0.385. The molecule has 9 heteroatoms. The van der Waals surface area contributed by atoms with E-state index < -0.39 is 4.92 Å². The third-order valence-corrected chi connectivity index (χ3v) is 3.35. The fourth-order valence-corrected chi connectivity index (χ4v) is 2.28. The number of anilines is 1. The predicted octanol–water partition coefficient (Wildman–Crippen LogP) is -0.324. The molecule has 0 radical (unpaired) electrons. The van der Waals surface area contributed by atoms with Crippen LogP contribution < -0.4 is 16.0 Å². The quantitative estimate of drug-likeness (QED) is 0.562. The summed E-state index contributed by atoms with van der Waals surface area (Å²) in [5.74, 6) is 0.257. The molecule has 1 aromatic heterocycles. The number of carbonyl (C=O) groups is 1. The number of hydrogen-bond donors (Lipinski definition) is 2. The van der Waals surface area contributed by atoms with Crippen molar-refractivity contribution in [3.05, 3.63) is 22.5 Å². The van der Waals surface area contributed by atoms with E-state index in [4.69, 9.17) is 5.73 Å². The molecule has 2 heterocycles. The minimum Gasteiger partial charge on any atom is -0.355 e.